The van der Waals surface area contributed by atoms with Gasteiger partial charge in [0.1, 0.15) is 0 Å². The number of benzene rings is 2. The SMILES string of the molecule is CNc1c(Cl)cc(C[C@@H](OC(=O)N2CCC(n3c(=O)[nH]c4ccccc43)CC2)C(=O)N2CCC(C3CCNCC3)CC2)cc1C(F)(F)F. The Hall–Kier alpha value is -3.71. The van der Waals surface area contributed by atoms with Crippen molar-refractivity contribution in [2.24, 2.45) is 11.8 Å². The Bertz CT molecular complexity index is 1670. The number of para-hydroxylation sites is 2. The molecule has 0 bridgehead atoms. The number of hydrogen-bond donors (Lipinski definition) is 3. The van der Waals surface area contributed by atoms with Gasteiger partial charge in [-0.2, -0.15) is 13.2 Å². The van der Waals surface area contributed by atoms with Gasteiger partial charge in [-0.1, -0.05) is 23.7 Å². The maximum atomic E-state index is 14.0. The Balaban J connectivity index is 1.17. The zero-order valence-corrected chi connectivity index (χ0v) is 27.7. The molecule has 0 spiro atoms. The smallest absolute Gasteiger partial charge is 0.418 e. The van der Waals surface area contributed by atoms with Crippen LogP contribution in [0.2, 0.25) is 5.02 Å². The molecule has 260 valence electrons. The molecule has 14 heteroatoms. The second-order valence-corrected chi connectivity index (χ2v) is 13.5. The number of carbonyl (C=O) groups excluding carboxylic acids is 2. The van der Waals surface area contributed by atoms with Gasteiger partial charge in [0.15, 0.2) is 6.10 Å². The van der Waals surface area contributed by atoms with E-state index in [0.29, 0.717) is 50.9 Å². The first-order chi connectivity index (χ1) is 23.0. The molecule has 3 fully saturated rings. The molecule has 0 saturated carbocycles. The Morgan fingerprint density at radius 3 is 2.29 bits per heavy atom. The number of imidazole rings is 1. The minimum atomic E-state index is -4.69. The van der Waals surface area contributed by atoms with Crippen molar-refractivity contribution < 1.29 is 27.5 Å². The van der Waals surface area contributed by atoms with Gasteiger partial charge in [0.25, 0.3) is 5.91 Å². The second-order valence-electron chi connectivity index (χ2n) is 13.1. The van der Waals surface area contributed by atoms with Crippen LogP contribution in [0.3, 0.4) is 0 Å². The van der Waals surface area contributed by atoms with Crippen molar-refractivity contribution in [2.75, 3.05) is 51.6 Å². The van der Waals surface area contributed by atoms with Gasteiger partial charge in [0.05, 0.1) is 27.3 Å². The van der Waals surface area contributed by atoms with E-state index in [1.165, 1.54) is 18.0 Å². The van der Waals surface area contributed by atoms with E-state index in [2.05, 4.69) is 15.6 Å². The maximum absolute atomic E-state index is 14.0. The third-order valence-electron chi connectivity index (χ3n) is 10.3. The topological polar surface area (TPSA) is 112 Å². The fourth-order valence-electron chi connectivity index (χ4n) is 7.70. The van der Waals surface area contributed by atoms with Crippen LogP contribution in [0.5, 0.6) is 0 Å². The van der Waals surface area contributed by atoms with Crippen LogP contribution in [-0.4, -0.2) is 83.8 Å². The molecule has 10 nitrogen and oxygen atoms in total. The molecular weight excluding hydrogens is 649 g/mol. The van der Waals surface area contributed by atoms with Gasteiger partial charge in [-0.3, -0.25) is 9.36 Å². The van der Waals surface area contributed by atoms with Crippen molar-refractivity contribution in [2.45, 2.75) is 63.3 Å². The van der Waals surface area contributed by atoms with E-state index in [-0.39, 0.29) is 34.4 Å². The van der Waals surface area contributed by atoms with E-state index in [1.807, 2.05) is 24.3 Å². The fraction of sp³-hybridized carbons (Fsp3) is 0.559. The highest BCUT2D eigenvalue weighted by molar-refractivity contribution is 6.33. The zero-order valence-electron chi connectivity index (χ0n) is 27.0. The van der Waals surface area contributed by atoms with Crippen LogP contribution in [0.1, 0.15) is 55.7 Å². The van der Waals surface area contributed by atoms with Crippen molar-refractivity contribution in [3.8, 4) is 0 Å². The van der Waals surface area contributed by atoms with Gasteiger partial charge < -0.3 is 30.2 Å². The highest BCUT2D eigenvalue weighted by Crippen LogP contribution is 2.40. The number of halogens is 4. The first-order valence-corrected chi connectivity index (χ1v) is 17.1. The summed E-state index contributed by atoms with van der Waals surface area (Å²) < 4.78 is 49.5. The van der Waals surface area contributed by atoms with E-state index in [9.17, 15) is 27.6 Å². The standard InChI is InChI=1S/C34H42ClF3N6O4/c1-39-30-25(34(36,37)38)18-21(19-26(30)35)20-29(31(45)42-14-8-23(9-15-42)22-6-12-40-13-7-22)48-33(47)43-16-10-24(11-17-43)44-28-5-3-2-4-27(28)41-32(44)46/h2-5,18-19,22-24,29,39-40H,6-17,20H2,1H3,(H,41,46)/t29-/m1/s1. The van der Waals surface area contributed by atoms with Crippen molar-refractivity contribution >= 4 is 40.3 Å². The summed E-state index contributed by atoms with van der Waals surface area (Å²) in [6.45, 7) is 3.57. The lowest BCUT2D eigenvalue weighted by Gasteiger charge is -2.39. The number of carbonyl (C=O) groups is 2. The predicted molar refractivity (Wildman–Crippen MR) is 177 cm³/mol. The number of H-pyrrole nitrogens is 1. The third kappa shape index (κ3) is 7.31. The number of likely N-dealkylation sites (tertiary alicyclic amines) is 2. The molecule has 0 aliphatic carbocycles. The summed E-state index contributed by atoms with van der Waals surface area (Å²) in [5, 5.41) is 5.76. The number of ether oxygens (including phenoxy) is 1. The summed E-state index contributed by atoms with van der Waals surface area (Å²) in [7, 11) is 1.36. The number of aromatic nitrogens is 2. The lowest BCUT2D eigenvalue weighted by molar-refractivity contribution is -0.142. The maximum Gasteiger partial charge on any atom is 0.418 e. The molecule has 3 saturated heterocycles. The van der Waals surface area contributed by atoms with E-state index in [0.717, 1.165) is 55.9 Å². The van der Waals surface area contributed by atoms with Gasteiger partial charge in [-0.15, -0.1) is 0 Å². The van der Waals surface area contributed by atoms with Crippen molar-refractivity contribution in [3.63, 3.8) is 0 Å². The van der Waals surface area contributed by atoms with Gasteiger partial charge in [-0.05, 0) is 93.3 Å². The fourth-order valence-corrected chi connectivity index (χ4v) is 8.04. The molecule has 4 heterocycles. The minimum Gasteiger partial charge on any atom is -0.436 e. The molecule has 0 unspecified atom stereocenters. The van der Waals surface area contributed by atoms with Gasteiger partial charge >= 0.3 is 18.0 Å². The molecule has 2 amide bonds. The molecule has 3 N–H and O–H groups in total. The molecule has 2 aromatic carbocycles. The number of anilines is 1. The number of amides is 2. The molecule has 1 atom stereocenters. The number of piperidine rings is 3. The molecule has 3 aliphatic rings. The average Bonchev–Trinajstić information content (AvgIpc) is 3.43. The second kappa shape index (κ2) is 14.4. The van der Waals surface area contributed by atoms with Gasteiger partial charge in [0, 0.05) is 45.7 Å². The lowest BCUT2D eigenvalue weighted by atomic mass is 9.79. The van der Waals surface area contributed by atoms with Crippen LogP contribution in [0, 0.1) is 11.8 Å². The highest BCUT2D eigenvalue weighted by Gasteiger charge is 2.38. The van der Waals surface area contributed by atoms with Crippen LogP contribution in [0.4, 0.5) is 23.7 Å². The predicted octanol–water partition coefficient (Wildman–Crippen LogP) is 5.67. The number of aromatic amines is 1. The molecule has 3 aliphatic heterocycles. The molecule has 6 rings (SSSR count). The summed E-state index contributed by atoms with van der Waals surface area (Å²) in [4.78, 5) is 46.3. The van der Waals surface area contributed by atoms with Crippen LogP contribution in [-0.2, 0) is 22.1 Å². The van der Waals surface area contributed by atoms with Crippen LogP contribution in [0.15, 0.2) is 41.2 Å². The van der Waals surface area contributed by atoms with Crippen LogP contribution >= 0.6 is 11.6 Å². The minimum absolute atomic E-state index is 0.134. The number of alkyl halides is 3. The normalized spacial score (nSPS) is 19.4. The van der Waals surface area contributed by atoms with E-state index in [4.69, 9.17) is 16.3 Å². The number of hydrogen-bond acceptors (Lipinski definition) is 6. The molecule has 48 heavy (non-hydrogen) atoms. The largest absolute Gasteiger partial charge is 0.436 e. The Morgan fingerprint density at radius 1 is 0.979 bits per heavy atom. The van der Waals surface area contributed by atoms with Crippen LogP contribution in [0.25, 0.3) is 11.0 Å². The summed E-state index contributed by atoms with van der Waals surface area (Å²) in [5.74, 6) is 0.689. The Labute approximate surface area is 281 Å². The Kier molecular flexibility index (Phi) is 10.3. The number of fused-ring (bicyclic) bond motifs is 1. The lowest BCUT2D eigenvalue weighted by Crippen LogP contribution is -2.49. The average molecular weight is 691 g/mol. The monoisotopic (exact) mass is 690 g/mol. The van der Waals surface area contributed by atoms with Gasteiger partial charge in [0.2, 0.25) is 0 Å². The Morgan fingerprint density at radius 2 is 1.62 bits per heavy atom. The van der Waals surface area contributed by atoms with Gasteiger partial charge in [-0.25, -0.2) is 9.59 Å². The van der Waals surface area contributed by atoms with Crippen molar-refractivity contribution in [1.29, 1.82) is 0 Å². The molecular formula is C34H42ClF3N6O4. The zero-order chi connectivity index (χ0) is 34.0. The first-order valence-electron chi connectivity index (χ1n) is 16.7. The van der Waals surface area contributed by atoms with E-state index >= 15 is 0 Å². The summed E-state index contributed by atoms with van der Waals surface area (Å²) in [5.41, 5.74) is 0.237. The number of nitrogens with zero attached hydrogens (tertiary/aromatic N) is 3. The third-order valence-corrected chi connectivity index (χ3v) is 10.6. The summed E-state index contributed by atoms with van der Waals surface area (Å²) in [6.07, 6.45) is -2.13. The van der Waals surface area contributed by atoms with Crippen molar-refractivity contribution in [3.05, 3.63) is 63.0 Å². The van der Waals surface area contributed by atoms with Crippen molar-refractivity contribution in [1.82, 2.24) is 24.7 Å². The number of rotatable bonds is 7. The molecule has 1 aromatic heterocycles. The first kappa shape index (κ1) is 34.2. The van der Waals surface area contributed by atoms with E-state index < -0.39 is 29.8 Å². The summed E-state index contributed by atoms with van der Waals surface area (Å²) >= 11 is 6.27. The summed E-state index contributed by atoms with van der Waals surface area (Å²) in [6, 6.07) is 9.63. The van der Waals surface area contributed by atoms with E-state index in [1.54, 1.807) is 9.47 Å². The molecule has 0 radical (unpaired) electrons. The molecule has 3 aromatic rings. The van der Waals surface area contributed by atoms with Crippen LogP contribution < -0.4 is 16.3 Å². The quantitative estimate of drug-likeness (QED) is 0.295. The number of nitrogens with one attached hydrogen (secondary N) is 3. The highest BCUT2D eigenvalue weighted by atomic mass is 35.5.